The summed E-state index contributed by atoms with van der Waals surface area (Å²) in [6.45, 7) is 0.526. The van der Waals surface area contributed by atoms with E-state index in [1.54, 1.807) is 4.40 Å². The highest BCUT2D eigenvalue weighted by Gasteiger charge is 2.18. The minimum absolute atomic E-state index is 0.0725. The second kappa shape index (κ2) is 14.7. The Kier molecular flexibility index (Phi) is 10.5. The van der Waals surface area contributed by atoms with Crippen LogP contribution in [0.25, 0.3) is 16.9 Å². The zero-order chi connectivity index (χ0) is 30.9. The van der Waals surface area contributed by atoms with Gasteiger partial charge in [0.05, 0.1) is 28.8 Å². The Balaban J connectivity index is 1.25. The molecule has 0 spiro atoms. The number of hydrogen-bond acceptors (Lipinski definition) is 6. The van der Waals surface area contributed by atoms with Crippen LogP contribution in [0.5, 0.6) is 11.6 Å². The predicted octanol–water partition coefficient (Wildman–Crippen LogP) is 7.54. The number of imidazole rings is 1. The van der Waals surface area contributed by atoms with Crippen LogP contribution in [0.3, 0.4) is 0 Å². The van der Waals surface area contributed by atoms with Gasteiger partial charge in [0, 0.05) is 24.6 Å². The highest BCUT2D eigenvalue weighted by molar-refractivity contribution is 7.85. The number of rotatable bonds is 15. The highest BCUT2D eigenvalue weighted by atomic mass is 35.5. The van der Waals surface area contributed by atoms with E-state index in [1.807, 2.05) is 72.9 Å². The Hall–Kier alpha value is -3.92. The summed E-state index contributed by atoms with van der Waals surface area (Å²) in [7, 11) is -3.87. The zero-order valence-corrected chi connectivity index (χ0v) is 26.0. The third-order valence-electron chi connectivity index (χ3n) is 7.43. The molecule has 0 bridgehead atoms. The Bertz CT molecular complexity index is 1790. The Morgan fingerprint density at radius 1 is 0.773 bits per heavy atom. The average molecular weight is 634 g/mol. The molecule has 2 heterocycles. The van der Waals surface area contributed by atoms with Crippen molar-refractivity contribution < 1.29 is 22.8 Å². The van der Waals surface area contributed by atoms with Gasteiger partial charge in [-0.1, -0.05) is 104 Å². The smallest absolute Gasteiger partial charge is 0.264 e. The van der Waals surface area contributed by atoms with Crippen LogP contribution in [0.15, 0.2) is 85.1 Å². The van der Waals surface area contributed by atoms with Crippen LogP contribution in [0.4, 0.5) is 0 Å². The molecule has 0 amide bonds. The van der Waals surface area contributed by atoms with Crippen molar-refractivity contribution in [2.24, 2.45) is 0 Å². The second-order valence-corrected chi connectivity index (χ2v) is 12.9. The van der Waals surface area contributed by atoms with E-state index in [1.165, 1.54) is 0 Å². The van der Waals surface area contributed by atoms with Crippen molar-refractivity contribution in [2.45, 2.75) is 51.4 Å². The highest BCUT2D eigenvalue weighted by Crippen LogP contribution is 2.31. The number of hydrogen-bond donors (Lipinski definition) is 2. The molecule has 0 unspecified atom stereocenters. The van der Waals surface area contributed by atoms with Crippen molar-refractivity contribution in [3.05, 3.63) is 113 Å². The second-order valence-electron chi connectivity index (χ2n) is 10.9. The van der Waals surface area contributed by atoms with Crippen LogP contribution < -0.4 is 4.74 Å². The Morgan fingerprint density at radius 2 is 1.43 bits per heavy atom. The maximum atomic E-state index is 11.3. The van der Waals surface area contributed by atoms with E-state index in [2.05, 4.69) is 12.1 Å². The van der Waals surface area contributed by atoms with Gasteiger partial charge < -0.3 is 9.84 Å². The molecule has 5 rings (SSSR count). The molecule has 0 saturated carbocycles. The third kappa shape index (κ3) is 8.59. The summed E-state index contributed by atoms with van der Waals surface area (Å²) in [5.41, 5.74) is 5.64. The molecule has 0 aliphatic heterocycles. The number of halogens is 1. The standard InChI is InChI=1S/C34H36ClN3O5S/c35-28-21-26(17-18-32(28)43-19-11-3-1-2-4-12-20-44(40,41)42)23-30-34(39)38-24-31(27-15-9-6-10-16-27)36-29(33(38)37-30)22-25-13-7-5-8-14-25/h5-10,13-18,21,24,39H,1-4,11-12,19-20,22-23H2,(H,40,41,42). The summed E-state index contributed by atoms with van der Waals surface area (Å²) in [6, 6.07) is 25.6. The molecule has 5 aromatic rings. The molecule has 0 saturated heterocycles. The van der Waals surface area contributed by atoms with Gasteiger partial charge in [0.2, 0.25) is 5.88 Å². The van der Waals surface area contributed by atoms with Gasteiger partial charge in [0.1, 0.15) is 11.4 Å². The number of aromatic nitrogens is 3. The van der Waals surface area contributed by atoms with Crippen molar-refractivity contribution in [1.82, 2.24) is 14.4 Å². The van der Waals surface area contributed by atoms with Gasteiger partial charge >= 0.3 is 0 Å². The van der Waals surface area contributed by atoms with Gasteiger partial charge in [0.15, 0.2) is 5.65 Å². The summed E-state index contributed by atoms with van der Waals surface area (Å²) >= 11 is 6.56. The summed E-state index contributed by atoms with van der Waals surface area (Å²) in [5.74, 6) is 0.497. The monoisotopic (exact) mass is 633 g/mol. The van der Waals surface area contributed by atoms with Crippen LogP contribution in [-0.2, 0) is 23.0 Å². The third-order valence-corrected chi connectivity index (χ3v) is 8.53. The van der Waals surface area contributed by atoms with E-state index in [-0.39, 0.29) is 11.6 Å². The van der Waals surface area contributed by atoms with Crippen molar-refractivity contribution in [3.63, 3.8) is 0 Å². The number of unbranched alkanes of at least 4 members (excludes halogenated alkanes) is 5. The Morgan fingerprint density at radius 3 is 2.14 bits per heavy atom. The minimum Gasteiger partial charge on any atom is -0.493 e. The molecule has 8 nitrogen and oxygen atoms in total. The van der Waals surface area contributed by atoms with Gasteiger partial charge in [-0.05, 0) is 36.1 Å². The van der Waals surface area contributed by atoms with Crippen molar-refractivity contribution in [1.29, 1.82) is 0 Å². The van der Waals surface area contributed by atoms with Crippen LogP contribution in [-0.4, -0.2) is 44.8 Å². The first-order valence-corrected chi connectivity index (χ1v) is 16.8. The maximum absolute atomic E-state index is 11.3. The van der Waals surface area contributed by atoms with Crippen LogP contribution in [0, 0.1) is 0 Å². The molecule has 0 fully saturated rings. The summed E-state index contributed by atoms with van der Waals surface area (Å²) in [6.07, 6.45) is 7.74. The summed E-state index contributed by atoms with van der Waals surface area (Å²) in [5, 5.41) is 11.8. The first-order valence-electron chi connectivity index (χ1n) is 14.8. The molecule has 2 N–H and O–H groups in total. The number of nitrogens with zero attached hydrogens (tertiary/aromatic N) is 3. The average Bonchev–Trinajstić information content (AvgIpc) is 3.32. The number of ether oxygens (including phenoxy) is 1. The molecule has 0 atom stereocenters. The van der Waals surface area contributed by atoms with Gasteiger partial charge in [-0.2, -0.15) is 8.42 Å². The number of benzene rings is 3. The lowest BCUT2D eigenvalue weighted by Crippen LogP contribution is -2.03. The molecule has 0 radical (unpaired) electrons. The van der Waals surface area contributed by atoms with Crippen LogP contribution >= 0.6 is 11.6 Å². The van der Waals surface area contributed by atoms with E-state index in [9.17, 15) is 13.5 Å². The van der Waals surface area contributed by atoms with E-state index in [0.717, 1.165) is 60.2 Å². The topological polar surface area (TPSA) is 114 Å². The van der Waals surface area contributed by atoms with Crippen LogP contribution in [0.1, 0.15) is 61.0 Å². The molecule has 2 aromatic heterocycles. The molecular formula is C34H36ClN3O5S. The molecule has 10 heteroatoms. The first-order chi connectivity index (χ1) is 21.3. The van der Waals surface area contributed by atoms with Gasteiger partial charge in [-0.15, -0.1) is 0 Å². The molecule has 44 heavy (non-hydrogen) atoms. The van der Waals surface area contributed by atoms with Crippen molar-refractivity contribution in [2.75, 3.05) is 12.4 Å². The Labute approximate surface area is 263 Å². The van der Waals surface area contributed by atoms with Gasteiger partial charge in [0.25, 0.3) is 10.1 Å². The molecular weight excluding hydrogens is 598 g/mol. The largest absolute Gasteiger partial charge is 0.493 e. The van der Waals surface area contributed by atoms with E-state index < -0.39 is 10.1 Å². The maximum Gasteiger partial charge on any atom is 0.264 e. The quantitative estimate of drug-likeness (QED) is 0.0904. The summed E-state index contributed by atoms with van der Waals surface area (Å²) in [4.78, 5) is 9.79. The predicted molar refractivity (Wildman–Crippen MR) is 173 cm³/mol. The lowest BCUT2D eigenvalue weighted by atomic mass is 10.1. The number of fused-ring (bicyclic) bond motifs is 1. The SMILES string of the molecule is O=S(=O)(O)CCCCCCCCOc1ccc(Cc2nc3c(Cc4ccccc4)nc(-c4ccccc4)cn3c2O)cc1Cl. The van der Waals surface area contributed by atoms with Crippen molar-refractivity contribution >= 4 is 27.4 Å². The lowest BCUT2D eigenvalue weighted by Gasteiger charge is -2.09. The van der Waals surface area contributed by atoms with Crippen LogP contribution in [0.2, 0.25) is 5.02 Å². The van der Waals surface area contributed by atoms with E-state index in [0.29, 0.717) is 48.0 Å². The number of aromatic hydroxyl groups is 1. The molecule has 0 aliphatic carbocycles. The van der Waals surface area contributed by atoms with Crippen molar-refractivity contribution in [3.8, 4) is 22.9 Å². The fourth-order valence-corrected chi connectivity index (χ4v) is 5.98. The van der Waals surface area contributed by atoms with E-state index in [4.69, 9.17) is 30.9 Å². The molecule has 3 aromatic carbocycles. The minimum atomic E-state index is -3.87. The summed E-state index contributed by atoms with van der Waals surface area (Å²) < 4.78 is 37.9. The first kappa shape index (κ1) is 31.5. The van der Waals surface area contributed by atoms with Gasteiger partial charge in [-0.3, -0.25) is 8.95 Å². The fraction of sp³-hybridized carbons (Fsp3) is 0.294. The molecule has 230 valence electrons. The molecule has 0 aliphatic rings. The van der Waals surface area contributed by atoms with Gasteiger partial charge in [-0.25, -0.2) is 9.97 Å². The fourth-order valence-electron chi connectivity index (χ4n) is 5.16. The normalized spacial score (nSPS) is 11.7. The lowest BCUT2D eigenvalue weighted by molar-refractivity contribution is 0.304. The van der Waals surface area contributed by atoms with E-state index >= 15 is 0 Å². The zero-order valence-electron chi connectivity index (χ0n) is 24.4.